The third kappa shape index (κ3) is 195000. The van der Waals surface area contributed by atoms with E-state index in [9.17, 15) is 0 Å². The predicted octanol–water partition coefficient (Wildman–Crippen LogP) is -0.319. The van der Waals surface area contributed by atoms with E-state index in [0.717, 1.165) is 6.92 Å². The van der Waals surface area contributed by atoms with Crippen molar-refractivity contribution < 1.29 is 20.1 Å². The van der Waals surface area contributed by atoms with Gasteiger partial charge in [-0.1, -0.05) is 0 Å². The second-order valence-electron chi connectivity index (χ2n) is 2.71. The smallest absolute Gasteiger partial charge is 0.300 e. The fourth-order valence-electron chi connectivity index (χ4n) is 0. The molecule has 0 atom stereocenters. The fourth-order valence-corrected chi connectivity index (χ4v) is 0. The van der Waals surface area contributed by atoms with Crippen LogP contribution in [0, 0.1) is 0 Å². The van der Waals surface area contributed by atoms with Crippen molar-refractivity contribution >= 4 is 23.3 Å². The second-order valence-corrected chi connectivity index (χ2v) is 2.71. The molecule has 13 heavy (non-hydrogen) atoms. The van der Waals surface area contributed by atoms with E-state index < -0.39 is 5.97 Å². The molecule has 0 saturated carbocycles. The van der Waals surface area contributed by atoms with E-state index in [1.54, 1.807) is 27.7 Å². The SMILES string of the molecule is CC(=O)O.CC(C)O.CC(C)O.[AlH3]. The average Bonchev–Trinajstić information content (AvgIpc) is 1.54. The molecule has 4 nitrogen and oxygen atoms in total. The minimum absolute atomic E-state index is 0. The van der Waals surface area contributed by atoms with Gasteiger partial charge in [-0.15, -0.1) is 0 Å². The Morgan fingerprint density at radius 3 is 1.00 bits per heavy atom. The zero-order valence-electron chi connectivity index (χ0n) is 8.40. The van der Waals surface area contributed by atoms with E-state index in [0.29, 0.717) is 0 Å². The Morgan fingerprint density at radius 1 is 1.00 bits per heavy atom. The molecule has 0 amide bonds. The number of carboxylic acids is 1. The molecule has 5 heteroatoms. The second kappa shape index (κ2) is 17.9. The highest BCUT2D eigenvalue weighted by Crippen LogP contribution is 1.65. The van der Waals surface area contributed by atoms with Crippen molar-refractivity contribution in [3.8, 4) is 0 Å². The zero-order valence-corrected chi connectivity index (χ0v) is 8.40. The minimum Gasteiger partial charge on any atom is -0.481 e. The number of aliphatic carboxylic acids is 1. The van der Waals surface area contributed by atoms with Crippen LogP contribution in [0.3, 0.4) is 0 Å². The summed E-state index contributed by atoms with van der Waals surface area (Å²) in [6.07, 6.45) is -0.333. The Kier molecular flexibility index (Phi) is 31.7. The van der Waals surface area contributed by atoms with Crippen LogP contribution in [0.25, 0.3) is 0 Å². The normalized spacial score (nSPS) is 7.46. The Labute approximate surface area is 90.7 Å². The quantitative estimate of drug-likeness (QED) is 0.479. The van der Waals surface area contributed by atoms with Crippen molar-refractivity contribution in [3.05, 3.63) is 0 Å². The highest BCUT2D eigenvalue weighted by molar-refractivity contribution is 5.75. The largest absolute Gasteiger partial charge is 0.481 e. The Morgan fingerprint density at radius 2 is 1.00 bits per heavy atom. The first-order valence-electron chi connectivity index (χ1n) is 3.75. The summed E-state index contributed by atoms with van der Waals surface area (Å²) < 4.78 is 0. The van der Waals surface area contributed by atoms with Crippen molar-refractivity contribution in [1.82, 2.24) is 0 Å². The van der Waals surface area contributed by atoms with Gasteiger partial charge in [-0.3, -0.25) is 4.79 Å². The first-order valence-corrected chi connectivity index (χ1v) is 3.75. The molecule has 0 saturated heterocycles. The molecule has 0 aliphatic heterocycles. The van der Waals surface area contributed by atoms with E-state index in [1.165, 1.54) is 0 Å². The highest BCUT2D eigenvalue weighted by atomic mass is 27.0. The van der Waals surface area contributed by atoms with Crippen LogP contribution >= 0.6 is 0 Å². The summed E-state index contributed by atoms with van der Waals surface area (Å²) in [4.78, 5) is 9.00. The van der Waals surface area contributed by atoms with Crippen LogP contribution in [0.4, 0.5) is 0 Å². The van der Waals surface area contributed by atoms with E-state index in [2.05, 4.69) is 0 Å². The molecular formula is C8H23AlO4. The lowest BCUT2D eigenvalue weighted by Crippen LogP contribution is -1.85. The topological polar surface area (TPSA) is 77.8 Å². The number of aliphatic hydroxyl groups is 2. The number of hydrogen-bond acceptors (Lipinski definition) is 3. The maximum absolute atomic E-state index is 9.00. The molecule has 0 fully saturated rings. The first kappa shape index (κ1) is 23.1. The lowest BCUT2D eigenvalue weighted by Gasteiger charge is -1.80. The number of aliphatic hydroxyl groups excluding tert-OH is 2. The lowest BCUT2D eigenvalue weighted by atomic mass is 10.5. The van der Waals surface area contributed by atoms with Crippen molar-refractivity contribution in [2.24, 2.45) is 0 Å². The minimum atomic E-state index is -0.833. The summed E-state index contributed by atoms with van der Waals surface area (Å²) in [6.45, 7) is 7.97. The number of carboxylic acid groups (broad SMARTS) is 1. The van der Waals surface area contributed by atoms with Crippen molar-refractivity contribution in [3.63, 3.8) is 0 Å². The van der Waals surface area contributed by atoms with Crippen LogP contribution < -0.4 is 0 Å². The Bertz CT molecular complexity index is 78.6. The molecule has 0 rings (SSSR count). The van der Waals surface area contributed by atoms with Gasteiger partial charge in [0.05, 0.1) is 0 Å². The van der Waals surface area contributed by atoms with Gasteiger partial charge in [0, 0.05) is 19.1 Å². The van der Waals surface area contributed by atoms with Crippen LogP contribution in [0.2, 0.25) is 0 Å². The van der Waals surface area contributed by atoms with E-state index in [4.69, 9.17) is 20.1 Å². The highest BCUT2D eigenvalue weighted by Gasteiger charge is 1.69. The summed E-state index contributed by atoms with van der Waals surface area (Å²) >= 11 is 0. The molecule has 0 unspecified atom stereocenters. The van der Waals surface area contributed by atoms with Crippen molar-refractivity contribution in [2.75, 3.05) is 0 Å². The third-order valence-electron chi connectivity index (χ3n) is 0. The number of carbonyl (C=O) groups is 1. The molecule has 3 N–H and O–H groups in total. The van der Waals surface area contributed by atoms with Gasteiger partial charge in [-0.05, 0) is 27.7 Å². The van der Waals surface area contributed by atoms with Crippen LogP contribution in [0.1, 0.15) is 34.6 Å². The number of hydrogen-bond donors (Lipinski definition) is 3. The Hall–Kier alpha value is -0.0775. The summed E-state index contributed by atoms with van der Waals surface area (Å²) in [6, 6.07) is 0. The van der Waals surface area contributed by atoms with Gasteiger partial charge in [-0.25, -0.2) is 0 Å². The zero-order chi connectivity index (χ0) is 10.7. The molecule has 0 aromatic carbocycles. The van der Waals surface area contributed by atoms with E-state index in [-0.39, 0.29) is 29.6 Å². The monoisotopic (exact) mass is 210 g/mol. The third-order valence-corrected chi connectivity index (χ3v) is 0. The molecule has 82 valence electrons. The summed E-state index contributed by atoms with van der Waals surface area (Å²) in [7, 11) is 0. The summed E-state index contributed by atoms with van der Waals surface area (Å²) in [5, 5.41) is 23.5. The van der Waals surface area contributed by atoms with Gasteiger partial charge >= 0.3 is 0 Å². The maximum Gasteiger partial charge on any atom is 0.300 e. The standard InChI is InChI=1S/2C3H8O.C2H4O2.Al.3H/c2*1-3(2)4;1-2(3)4;;;;/h2*3-4H,1-2H3;1H3,(H,3,4);;;;. The average molecular weight is 210 g/mol. The van der Waals surface area contributed by atoms with Crippen LogP contribution in [0.15, 0.2) is 0 Å². The molecule has 0 spiro atoms. The van der Waals surface area contributed by atoms with Crippen LogP contribution in [0.5, 0.6) is 0 Å². The molecule has 0 heterocycles. The van der Waals surface area contributed by atoms with Gasteiger partial charge in [0.15, 0.2) is 17.4 Å². The lowest BCUT2D eigenvalue weighted by molar-refractivity contribution is -0.134. The maximum atomic E-state index is 9.00. The predicted molar refractivity (Wildman–Crippen MR) is 58.0 cm³/mol. The van der Waals surface area contributed by atoms with Gasteiger partial charge in [0.25, 0.3) is 5.97 Å². The summed E-state index contributed by atoms with van der Waals surface area (Å²) in [5.74, 6) is -0.833. The number of rotatable bonds is 0. The molecule has 0 aliphatic rings. The molecule has 0 radical (unpaired) electrons. The van der Waals surface area contributed by atoms with Gasteiger partial charge in [0.2, 0.25) is 0 Å². The van der Waals surface area contributed by atoms with Crippen molar-refractivity contribution in [2.45, 2.75) is 46.8 Å². The first-order chi connectivity index (χ1) is 5.20. The van der Waals surface area contributed by atoms with Gasteiger partial charge in [-0.2, -0.15) is 0 Å². The molecular weight excluding hydrogens is 187 g/mol. The van der Waals surface area contributed by atoms with Gasteiger partial charge in [0.1, 0.15) is 0 Å². The van der Waals surface area contributed by atoms with Crippen LogP contribution in [-0.2, 0) is 4.79 Å². The van der Waals surface area contributed by atoms with Crippen molar-refractivity contribution in [1.29, 1.82) is 0 Å². The fraction of sp³-hybridized carbons (Fsp3) is 0.875. The molecule has 0 aromatic heterocycles. The Balaban J connectivity index is -0.0000000450. The van der Waals surface area contributed by atoms with E-state index in [1.807, 2.05) is 0 Å². The summed E-state index contributed by atoms with van der Waals surface area (Å²) in [5.41, 5.74) is 0. The molecule has 0 aliphatic carbocycles. The van der Waals surface area contributed by atoms with Gasteiger partial charge < -0.3 is 15.3 Å². The van der Waals surface area contributed by atoms with Crippen LogP contribution in [-0.4, -0.2) is 50.9 Å². The molecule has 0 bridgehead atoms. The van der Waals surface area contributed by atoms with E-state index >= 15 is 0 Å². The molecule has 0 aromatic rings.